The number of carbonyl (C=O) groups is 1. The van der Waals surface area contributed by atoms with Gasteiger partial charge in [0.15, 0.2) is 0 Å². The van der Waals surface area contributed by atoms with Crippen LogP contribution in [0.2, 0.25) is 0 Å². The van der Waals surface area contributed by atoms with E-state index >= 15 is 0 Å². The molecule has 0 saturated carbocycles. The number of cyclic esters (lactones) is 1. The van der Waals surface area contributed by atoms with Gasteiger partial charge in [0, 0.05) is 0 Å². The van der Waals surface area contributed by atoms with Crippen LogP contribution in [-0.2, 0) is 9.53 Å². The molecule has 1 saturated heterocycles. The molecule has 2 rings (SSSR count). The van der Waals surface area contributed by atoms with E-state index in [-0.39, 0.29) is 18.6 Å². The van der Waals surface area contributed by atoms with Crippen LogP contribution in [0.4, 0.5) is 0 Å². The number of morpholine rings is 1. The minimum atomic E-state index is -0.489. The molecule has 1 atom stereocenters. The number of carbonyl (C=O) groups excluding carboxylic acids is 1. The molecule has 15 heavy (non-hydrogen) atoms. The third-order valence-electron chi connectivity index (χ3n) is 2.66. The number of ether oxygens (including phenoxy) is 1. The van der Waals surface area contributed by atoms with E-state index in [1.54, 1.807) is 0 Å². The summed E-state index contributed by atoms with van der Waals surface area (Å²) in [6.07, 6.45) is 0. The molecule has 1 aromatic rings. The Hall–Kier alpha value is -1.35. The number of esters is 1. The number of hydrogen-bond donors (Lipinski definition) is 1. The number of benzene rings is 1. The average Bonchev–Trinajstić information content (AvgIpc) is 2.17. The highest BCUT2D eigenvalue weighted by molar-refractivity contribution is 5.73. The summed E-state index contributed by atoms with van der Waals surface area (Å²) in [7, 11) is 0. The SMILES string of the molecule is CC1(C)OC(=O)CN[C@H]1c1ccccc1. The minimum absolute atomic E-state index is 0.0661. The number of hydrogen-bond acceptors (Lipinski definition) is 3. The zero-order valence-corrected chi connectivity index (χ0v) is 8.99. The monoisotopic (exact) mass is 205 g/mol. The van der Waals surface area contributed by atoms with Crippen LogP contribution >= 0.6 is 0 Å². The molecule has 0 unspecified atom stereocenters. The third-order valence-corrected chi connectivity index (χ3v) is 2.66. The molecule has 80 valence electrons. The third kappa shape index (κ3) is 2.02. The lowest BCUT2D eigenvalue weighted by Gasteiger charge is -2.38. The standard InChI is InChI=1S/C12H15NO2/c1-12(2)11(13-8-10(14)15-12)9-6-4-3-5-7-9/h3-7,11,13H,8H2,1-2H3/t11-/m0/s1. The lowest BCUT2D eigenvalue weighted by Crippen LogP contribution is -2.50. The van der Waals surface area contributed by atoms with Gasteiger partial charge in [-0.15, -0.1) is 0 Å². The first kappa shape index (κ1) is 10.2. The van der Waals surface area contributed by atoms with Crippen LogP contribution in [0.15, 0.2) is 30.3 Å². The van der Waals surface area contributed by atoms with Crippen LogP contribution in [0.3, 0.4) is 0 Å². The molecule has 3 nitrogen and oxygen atoms in total. The minimum Gasteiger partial charge on any atom is -0.457 e. The van der Waals surface area contributed by atoms with Crippen molar-refractivity contribution in [3.05, 3.63) is 35.9 Å². The van der Waals surface area contributed by atoms with Gasteiger partial charge in [0.05, 0.1) is 12.6 Å². The summed E-state index contributed by atoms with van der Waals surface area (Å²) in [5.41, 5.74) is 0.659. The van der Waals surface area contributed by atoms with E-state index < -0.39 is 5.60 Å². The maximum atomic E-state index is 11.2. The largest absolute Gasteiger partial charge is 0.457 e. The van der Waals surface area contributed by atoms with Gasteiger partial charge < -0.3 is 4.74 Å². The molecule has 1 aliphatic heterocycles. The van der Waals surface area contributed by atoms with Crippen molar-refractivity contribution in [1.29, 1.82) is 0 Å². The molecule has 1 aliphatic rings. The first-order valence-corrected chi connectivity index (χ1v) is 5.10. The Morgan fingerprint density at radius 1 is 1.33 bits per heavy atom. The number of rotatable bonds is 1. The van der Waals surface area contributed by atoms with Crippen molar-refractivity contribution in [3.8, 4) is 0 Å². The van der Waals surface area contributed by atoms with Crippen LogP contribution in [0, 0.1) is 0 Å². The highest BCUT2D eigenvalue weighted by Gasteiger charge is 2.38. The van der Waals surface area contributed by atoms with Crippen molar-refractivity contribution >= 4 is 5.97 Å². The molecule has 1 fully saturated rings. The van der Waals surface area contributed by atoms with E-state index in [9.17, 15) is 4.79 Å². The molecular formula is C12H15NO2. The molecule has 0 amide bonds. The van der Waals surface area contributed by atoms with Crippen molar-refractivity contribution in [3.63, 3.8) is 0 Å². The molecule has 0 aromatic heterocycles. The van der Waals surface area contributed by atoms with E-state index in [0.29, 0.717) is 0 Å². The van der Waals surface area contributed by atoms with E-state index in [1.807, 2.05) is 44.2 Å². The van der Waals surface area contributed by atoms with Gasteiger partial charge >= 0.3 is 5.97 Å². The summed E-state index contributed by atoms with van der Waals surface area (Å²) < 4.78 is 5.34. The Labute approximate surface area is 89.4 Å². The van der Waals surface area contributed by atoms with Crippen LogP contribution in [0.5, 0.6) is 0 Å². The van der Waals surface area contributed by atoms with Crippen LogP contribution in [0.25, 0.3) is 0 Å². The summed E-state index contributed by atoms with van der Waals surface area (Å²) in [6.45, 7) is 4.13. The summed E-state index contributed by atoms with van der Waals surface area (Å²) in [6, 6.07) is 10.1. The lowest BCUT2D eigenvalue weighted by atomic mass is 9.90. The molecule has 1 aromatic carbocycles. The van der Waals surface area contributed by atoms with Gasteiger partial charge in [-0.05, 0) is 19.4 Å². The van der Waals surface area contributed by atoms with Gasteiger partial charge in [0.1, 0.15) is 5.60 Å². The van der Waals surface area contributed by atoms with Crippen LogP contribution in [-0.4, -0.2) is 18.1 Å². The Kier molecular flexibility index (Phi) is 2.49. The van der Waals surface area contributed by atoms with E-state index in [2.05, 4.69) is 5.32 Å². The van der Waals surface area contributed by atoms with Gasteiger partial charge in [-0.25, -0.2) is 0 Å². The first-order valence-electron chi connectivity index (χ1n) is 5.10. The molecule has 0 spiro atoms. The molecule has 0 bridgehead atoms. The van der Waals surface area contributed by atoms with Crippen LogP contribution < -0.4 is 5.32 Å². The second kappa shape index (κ2) is 3.66. The Morgan fingerprint density at radius 3 is 2.60 bits per heavy atom. The van der Waals surface area contributed by atoms with E-state index in [0.717, 1.165) is 5.56 Å². The molecule has 1 N–H and O–H groups in total. The smallest absolute Gasteiger partial charge is 0.320 e. The zero-order chi connectivity index (χ0) is 10.9. The fourth-order valence-electron chi connectivity index (χ4n) is 1.98. The molecule has 0 radical (unpaired) electrons. The quantitative estimate of drug-likeness (QED) is 0.708. The fraction of sp³-hybridized carbons (Fsp3) is 0.417. The van der Waals surface area contributed by atoms with Crippen molar-refractivity contribution in [2.24, 2.45) is 0 Å². The Morgan fingerprint density at radius 2 is 2.00 bits per heavy atom. The highest BCUT2D eigenvalue weighted by Crippen LogP contribution is 2.31. The lowest BCUT2D eigenvalue weighted by molar-refractivity contribution is -0.165. The fourth-order valence-corrected chi connectivity index (χ4v) is 1.98. The predicted molar refractivity (Wildman–Crippen MR) is 57.4 cm³/mol. The van der Waals surface area contributed by atoms with Crippen molar-refractivity contribution in [2.45, 2.75) is 25.5 Å². The van der Waals surface area contributed by atoms with Gasteiger partial charge in [0.2, 0.25) is 0 Å². The highest BCUT2D eigenvalue weighted by atomic mass is 16.6. The second-order valence-electron chi connectivity index (χ2n) is 4.30. The van der Waals surface area contributed by atoms with E-state index in [4.69, 9.17) is 4.74 Å². The normalized spacial score (nSPS) is 24.7. The Balaban J connectivity index is 2.26. The van der Waals surface area contributed by atoms with Crippen molar-refractivity contribution in [1.82, 2.24) is 5.32 Å². The van der Waals surface area contributed by atoms with Gasteiger partial charge in [0.25, 0.3) is 0 Å². The van der Waals surface area contributed by atoms with Gasteiger partial charge in [-0.2, -0.15) is 0 Å². The maximum Gasteiger partial charge on any atom is 0.320 e. The van der Waals surface area contributed by atoms with Crippen molar-refractivity contribution in [2.75, 3.05) is 6.54 Å². The molecular weight excluding hydrogens is 190 g/mol. The zero-order valence-electron chi connectivity index (χ0n) is 8.99. The molecule has 0 aliphatic carbocycles. The average molecular weight is 205 g/mol. The predicted octanol–water partition coefficient (Wildman–Crippen LogP) is 1.65. The Bertz CT molecular complexity index is 359. The summed E-state index contributed by atoms with van der Waals surface area (Å²) in [5, 5.41) is 3.20. The summed E-state index contributed by atoms with van der Waals surface area (Å²) in [4.78, 5) is 11.2. The van der Waals surface area contributed by atoms with Crippen molar-refractivity contribution < 1.29 is 9.53 Å². The van der Waals surface area contributed by atoms with Crippen LogP contribution in [0.1, 0.15) is 25.5 Å². The van der Waals surface area contributed by atoms with Gasteiger partial charge in [-0.1, -0.05) is 30.3 Å². The number of nitrogens with one attached hydrogen (secondary N) is 1. The van der Waals surface area contributed by atoms with Gasteiger partial charge in [-0.3, -0.25) is 10.1 Å². The molecule has 1 heterocycles. The maximum absolute atomic E-state index is 11.2. The molecule has 3 heteroatoms. The summed E-state index contributed by atoms with van der Waals surface area (Å²) in [5.74, 6) is -0.188. The first-order chi connectivity index (χ1) is 7.09. The second-order valence-corrected chi connectivity index (χ2v) is 4.30. The summed E-state index contributed by atoms with van der Waals surface area (Å²) >= 11 is 0. The van der Waals surface area contributed by atoms with E-state index in [1.165, 1.54) is 0 Å². The topological polar surface area (TPSA) is 38.3 Å².